The highest BCUT2D eigenvalue weighted by atomic mass is 16.6. The largest absolute Gasteiger partial charge is 0.481 e. The molecule has 0 unspecified atom stereocenters. The summed E-state index contributed by atoms with van der Waals surface area (Å²) < 4.78 is 16.8. The van der Waals surface area contributed by atoms with Gasteiger partial charge in [0.2, 0.25) is 0 Å². The molecule has 1 aliphatic rings. The van der Waals surface area contributed by atoms with Gasteiger partial charge in [-0.05, 0) is 45.1 Å². The Morgan fingerprint density at radius 2 is 1.91 bits per heavy atom. The first kappa shape index (κ1) is 25.3. The Hall–Kier alpha value is -3.36. The molecule has 1 fully saturated rings. The maximum atomic E-state index is 13.7. The van der Waals surface area contributed by atoms with Gasteiger partial charge in [0.25, 0.3) is 0 Å². The Morgan fingerprint density at radius 3 is 2.44 bits per heavy atom. The summed E-state index contributed by atoms with van der Waals surface area (Å²) in [6.45, 7) is 8.94. The highest BCUT2D eigenvalue weighted by Crippen LogP contribution is 2.51. The number of amides is 1. The van der Waals surface area contributed by atoms with Crippen LogP contribution < -0.4 is 0 Å². The predicted molar refractivity (Wildman–Crippen MR) is 121 cm³/mol. The third-order valence-corrected chi connectivity index (χ3v) is 5.66. The molecular formula is C25H32N2O7. The summed E-state index contributed by atoms with van der Waals surface area (Å²) in [5, 5.41) is 10.1. The highest BCUT2D eigenvalue weighted by molar-refractivity contribution is 5.89. The first-order chi connectivity index (χ1) is 15.9. The van der Waals surface area contributed by atoms with Crippen LogP contribution in [-0.4, -0.2) is 44.2 Å². The van der Waals surface area contributed by atoms with E-state index in [2.05, 4.69) is 4.98 Å². The van der Waals surface area contributed by atoms with Crippen molar-refractivity contribution in [1.82, 2.24) is 9.88 Å². The summed E-state index contributed by atoms with van der Waals surface area (Å²) in [5.74, 6) is -2.84. The van der Waals surface area contributed by atoms with Crippen LogP contribution in [-0.2, 0) is 25.7 Å². The molecule has 1 N–H and O–H groups in total. The highest BCUT2D eigenvalue weighted by Gasteiger charge is 2.63. The molecule has 1 aromatic carbocycles. The van der Waals surface area contributed by atoms with E-state index in [0.29, 0.717) is 0 Å². The van der Waals surface area contributed by atoms with E-state index in [0.717, 1.165) is 12.0 Å². The fraction of sp³-hybridized carbons (Fsp3) is 0.520. The number of aromatic nitrogens is 1. The molecule has 34 heavy (non-hydrogen) atoms. The van der Waals surface area contributed by atoms with Crippen molar-refractivity contribution in [3.8, 4) is 0 Å². The number of hydrogen-bond acceptors (Lipinski definition) is 7. The zero-order chi connectivity index (χ0) is 25.1. The number of carbonyl (C=O) groups is 3. The number of likely N-dealkylation sites (tertiary alicyclic amines) is 1. The van der Waals surface area contributed by atoms with E-state index in [1.165, 1.54) is 11.1 Å². The van der Waals surface area contributed by atoms with E-state index in [1.54, 1.807) is 32.9 Å². The number of carbonyl (C=O) groups excluding carboxylic acids is 2. The number of esters is 1. The zero-order valence-corrected chi connectivity index (χ0v) is 20.2. The van der Waals surface area contributed by atoms with E-state index in [9.17, 15) is 19.5 Å². The second-order valence-corrected chi connectivity index (χ2v) is 10.0. The van der Waals surface area contributed by atoms with Gasteiger partial charge in [-0.3, -0.25) is 9.69 Å². The number of hydrogen-bond donors (Lipinski definition) is 1. The van der Waals surface area contributed by atoms with Crippen molar-refractivity contribution < 1.29 is 33.4 Å². The Morgan fingerprint density at radius 1 is 1.24 bits per heavy atom. The minimum absolute atomic E-state index is 0.0386. The zero-order valence-electron chi connectivity index (χ0n) is 20.2. The summed E-state index contributed by atoms with van der Waals surface area (Å²) in [6, 6.07) is 8.01. The molecule has 3 rings (SSSR count). The first-order valence-electron chi connectivity index (χ1n) is 11.3. The number of nitrogens with zero attached hydrogens (tertiary/aromatic N) is 2. The van der Waals surface area contributed by atoms with E-state index >= 15 is 0 Å². The summed E-state index contributed by atoms with van der Waals surface area (Å²) >= 11 is 0. The smallest absolute Gasteiger partial charge is 0.411 e. The van der Waals surface area contributed by atoms with Gasteiger partial charge in [-0.15, -0.1) is 0 Å². The number of carboxylic acid groups (broad SMARTS) is 1. The number of aliphatic carboxylic acids is 1. The van der Waals surface area contributed by atoms with Gasteiger partial charge in [0, 0.05) is 0 Å². The van der Waals surface area contributed by atoms with Gasteiger partial charge in [-0.1, -0.05) is 44.2 Å². The fourth-order valence-electron chi connectivity index (χ4n) is 4.51. The van der Waals surface area contributed by atoms with Crippen LogP contribution in [0.5, 0.6) is 0 Å². The van der Waals surface area contributed by atoms with E-state index in [4.69, 9.17) is 13.9 Å². The van der Waals surface area contributed by atoms with Gasteiger partial charge in [0.15, 0.2) is 6.39 Å². The van der Waals surface area contributed by atoms with Gasteiger partial charge in [0.05, 0.1) is 12.1 Å². The number of rotatable bonds is 7. The van der Waals surface area contributed by atoms with Crippen molar-refractivity contribution in [3.63, 3.8) is 0 Å². The Labute approximate surface area is 199 Å². The minimum Gasteiger partial charge on any atom is -0.481 e. The van der Waals surface area contributed by atoms with Crippen molar-refractivity contribution in [2.24, 2.45) is 11.8 Å². The number of ether oxygens (including phenoxy) is 2. The monoisotopic (exact) mass is 472 g/mol. The number of benzene rings is 1. The molecule has 1 amide bonds. The maximum Gasteiger partial charge on any atom is 0.411 e. The third kappa shape index (κ3) is 5.40. The van der Waals surface area contributed by atoms with Crippen LogP contribution in [0.2, 0.25) is 0 Å². The predicted octanol–water partition coefficient (Wildman–Crippen LogP) is 4.59. The molecule has 2 aromatic rings. The van der Waals surface area contributed by atoms with Crippen molar-refractivity contribution in [3.05, 3.63) is 54.2 Å². The molecule has 3 atom stereocenters. The van der Waals surface area contributed by atoms with Gasteiger partial charge in [0.1, 0.15) is 29.5 Å². The SMILES string of the molecule is CC(C)C[C@@]1(C(=O)OC(C)(C)C)C[C@H](C(=O)O)[C@H](c2cnco2)N1C(=O)OCc1ccccc1. The van der Waals surface area contributed by atoms with Crippen LogP contribution in [0.4, 0.5) is 4.79 Å². The standard InChI is InChI=1S/C25H32N2O7/c1-16(2)11-25(22(30)34-24(3,4)5)12-18(21(28)29)20(19-13-26-15-33-19)27(25)23(31)32-14-17-9-7-6-8-10-17/h6-10,13,15-16,18,20H,11-12,14H2,1-5H3,(H,28,29)/t18-,20+,25-/m0/s1. The Kier molecular flexibility index (Phi) is 7.33. The Bertz CT molecular complexity index is 998. The molecule has 1 aliphatic heterocycles. The quantitative estimate of drug-likeness (QED) is 0.581. The lowest BCUT2D eigenvalue weighted by Gasteiger charge is -2.40. The lowest BCUT2D eigenvalue weighted by molar-refractivity contribution is -0.169. The molecule has 0 bridgehead atoms. The summed E-state index contributed by atoms with van der Waals surface area (Å²) in [7, 11) is 0. The summed E-state index contributed by atoms with van der Waals surface area (Å²) in [6.07, 6.45) is 1.76. The average molecular weight is 473 g/mol. The average Bonchev–Trinajstić information content (AvgIpc) is 3.38. The van der Waals surface area contributed by atoms with Crippen LogP contribution >= 0.6 is 0 Å². The minimum atomic E-state index is -1.56. The van der Waals surface area contributed by atoms with Gasteiger partial charge < -0.3 is 19.0 Å². The van der Waals surface area contributed by atoms with Crippen LogP contribution in [0.15, 0.2) is 47.3 Å². The van der Waals surface area contributed by atoms with Crippen LogP contribution in [0.25, 0.3) is 0 Å². The first-order valence-corrected chi connectivity index (χ1v) is 11.3. The van der Waals surface area contributed by atoms with Gasteiger partial charge in [-0.2, -0.15) is 0 Å². The normalized spacial score (nSPS) is 22.6. The molecule has 2 heterocycles. The second-order valence-electron chi connectivity index (χ2n) is 10.0. The number of oxazole rings is 1. The van der Waals surface area contributed by atoms with Crippen LogP contribution in [0.1, 0.15) is 64.8 Å². The van der Waals surface area contributed by atoms with E-state index < -0.39 is 41.1 Å². The Balaban J connectivity index is 2.10. The second kappa shape index (κ2) is 9.87. The molecule has 1 aromatic heterocycles. The van der Waals surface area contributed by atoms with Gasteiger partial charge in [-0.25, -0.2) is 14.6 Å². The topological polar surface area (TPSA) is 119 Å². The molecule has 0 aliphatic carbocycles. The van der Waals surface area contributed by atoms with Crippen molar-refractivity contribution >= 4 is 18.0 Å². The maximum absolute atomic E-state index is 13.7. The number of carboxylic acids is 1. The van der Waals surface area contributed by atoms with E-state index in [1.807, 2.05) is 32.0 Å². The molecule has 9 heteroatoms. The lowest BCUT2D eigenvalue weighted by atomic mass is 9.83. The molecule has 0 radical (unpaired) electrons. The summed E-state index contributed by atoms with van der Waals surface area (Å²) in [5.41, 5.74) is -1.65. The fourth-order valence-corrected chi connectivity index (χ4v) is 4.51. The van der Waals surface area contributed by atoms with Crippen molar-refractivity contribution in [2.75, 3.05) is 0 Å². The molecule has 184 valence electrons. The molecule has 0 spiro atoms. The van der Waals surface area contributed by atoms with Crippen LogP contribution in [0, 0.1) is 11.8 Å². The third-order valence-electron chi connectivity index (χ3n) is 5.66. The molecule has 1 saturated heterocycles. The van der Waals surface area contributed by atoms with E-state index in [-0.39, 0.29) is 31.1 Å². The molecule has 0 saturated carbocycles. The van der Waals surface area contributed by atoms with Crippen molar-refractivity contribution in [2.45, 2.75) is 71.2 Å². The van der Waals surface area contributed by atoms with Crippen LogP contribution in [0.3, 0.4) is 0 Å². The summed E-state index contributed by atoms with van der Waals surface area (Å²) in [4.78, 5) is 44.7. The van der Waals surface area contributed by atoms with Crippen molar-refractivity contribution in [1.29, 1.82) is 0 Å². The lowest BCUT2D eigenvalue weighted by Crippen LogP contribution is -2.56. The molecular weight excluding hydrogens is 440 g/mol. The molecule has 9 nitrogen and oxygen atoms in total. The van der Waals surface area contributed by atoms with Gasteiger partial charge >= 0.3 is 18.0 Å².